The van der Waals surface area contributed by atoms with Gasteiger partial charge in [-0.15, -0.1) is 0 Å². The first-order valence-electron chi connectivity index (χ1n) is 24.2. The van der Waals surface area contributed by atoms with E-state index in [9.17, 15) is 47.9 Å². The number of hydrogen-bond donors (Lipinski definition) is 3. The molecule has 76 heavy (non-hydrogen) atoms. The maximum absolute atomic E-state index is 13.7. The first-order chi connectivity index (χ1) is 36.1. The number of nitrogens with one attached hydrogen (secondary N) is 3. The van der Waals surface area contributed by atoms with Gasteiger partial charge in [0.2, 0.25) is 11.8 Å². The highest BCUT2D eigenvalue weighted by Crippen LogP contribution is 2.16. The van der Waals surface area contributed by atoms with E-state index in [0.717, 1.165) is 22.0 Å². The Kier molecular flexibility index (Phi) is 27.5. The quantitative estimate of drug-likeness (QED) is 0.0276. The molecule has 0 radical (unpaired) electrons. The van der Waals surface area contributed by atoms with Crippen molar-refractivity contribution in [2.24, 2.45) is 0 Å². The van der Waals surface area contributed by atoms with Crippen molar-refractivity contribution in [1.29, 1.82) is 0 Å². The van der Waals surface area contributed by atoms with Gasteiger partial charge in [-0.2, -0.15) is 0 Å². The number of benzene rings is 2. The summed E-state index contributed by atoms with van der Waals surface area (Å²) in [4.78, 5) is 134. The molecular weight excluding hydrogens is 997 g/mol. The fourth-order valence-electron chi connectivity index (χ4n) is 6.26. The Labute approximate surface area is 442 Å². The minimum absolute atomic E-state index is 0.0268. The molecule has 1 atom stereocenters. The summed E-state index contributed by atoms with van der Waals surface area (Å²) in [6.45, 7) is 0.566. The molecule has 0 bridgehead atoms. The largest absolute Gasteiger partial charge is 0.457 e. The van der Waals surface area contributed by atoms with Crippen molar-refractivity contribution >= 4 is 67.5 Å². The number of esters is 1. The summed E-state index contributed by atoms with van der Waals surface area (Å²) >= 11 is 0. The van der Waals surface area contributed by atoms with Gasteiger partial charge in [-0.3, -0.25) is 24.1 Å². The summed E-state index contributed by atoms with van der Waals surface area (Å²) in [5.74, 6) is -2.55. The van der Waals surface area contributed by atoms with E-state index in [1.165, 1.54) is 49.0 Å². The molecule has 0 aliphatic carbocycles. The second kappa shape index (κ2) is 33.3. The minimum atomic E-state index is -1.45. The number of likely N-dealkylation sites (N-methyl/N-ethyl adjacent to an activating group) is 5. The van der Waals surface area contributed by atoms with Gasteiger partial charge in [0.1, 0.15) is 43.5 Å². The summed E-state index contributed by atoms with van der Waals surface area (Å²) in [6, 6.07) is 11.1. The summed E-state index contributed by atoms with van der Waals surface area (Å²) in [5, 5.41) is 7.56. The minimum Gasteiger partial charge on any atom is -0.457 e. The second-order valence-electron chi connectivity index (χ2n) is 17.8. The number of carbonyl (C=O) groups excluding carboxylic acids is 10. The number of nitrogens with zero attached hydrogens (tertiary/aromatic N) is 6. The number of imide groups is 1. The fourth-order valence-corrected chi connectivity index (χ4v) is 6.26. The number of alkyl carbamates (subject to hydrolysis) is 2. The lowest BCUT2D eigenvalue weighted by Crippen LogP contribution is -2.49. The Balaban J connectivity index is 1.56. The first kappa shape index (κ1) is 62.7. The van der Waals surface area contributed by atoms with E-state index in [1.54, 1.807) is 38.4 Å². The van der Waals surface area contributed by atoms with Crippen LogP contribution in [0.15, 0.2) is 60.7 Å². The van der Waals surface area contributed by atoms with Crippen molar-refractivity contribution in [3.05, 3.63) is 71.8 Å². The molecule has 0 spiro atoms. The van der Waals surface area contributed by atoms with Gasteiger partial charge in [0.15, 0.2) is 7.85 Å². The summed E-state index contributed by atoms with van der Waals surface area (Å²) in [6.07, 6.45) is -2.52. The molecule has 1 unspecified atom stereocenters. The predicted molar refractivity (Wildman–Crippen MR) is 273 cm³/mol. The third kappa shape index (κ3) is 24.6. The van der Waals surface area contributed by atoms with Crippen LogP contribution >= 0.6 is 0 Å². The van der Waals surface area contributed by atoms with Gasteiger partial charge in [0, 0.05) is 85.4 Å². The third-order valence-corrected chi connectivity index (χ3v) is 10.9. The Morgan fingerprint density at radius 3 is 1.55 bits per heavy atom. The smallest absolute Gasteiger partial charge is 0.415 e. The molecular formula is C49H70BN9O17. The Morgan fingerprint density at radius 1 is 0.618 bits per heavy atom. The van der Waals surface area contributed by atoms with Crippen LogP contribution in [0.4, 0.5) is 19.2 Å². The van der Waals surface area contributed by atoms with Crippen molar-refractivity contribution in [3.63, 3.8) is 0 Å². The molecule has 1 heterocycles. The molecule has 416 valence electrons. The monoisotopic (exact) mass is 1070 g/mol. The van der Waals surface area contributed by atoms with Crippen LogP contribution in [-0.4, -0.2) is 237 Å². The van der Waals surface area contributed by atoms with E-state index in [4.69, 9.17) is 33.2 Å². The summed E-state index contributed by atoms with van der Waals surface area (Å²) in [5.41, 5.74) is 0.626. The predicted octanol–water partition coefficient (Wildman–Crippen LogP) is -0.423. The van der Waals surface area contributed by atoms with Gasteiger partial charge >= 0.3 is 30.3 Å². The highest BCUT2D eigenvalue weighted by Gasteiger charge is 2.32. The molecule has 8 amide bonds. The highest BCUT2D eigenvalue weighted by atomic mass is 16.6. The number of carbonyl (C=O) groups is 10. The molecule has 0 saturated carbocycles. The molecule has 2 aromatic rings. The summed E-state index contributed by atoms with van der Waals surface area (Å²) in [7, 11) is 13.3. The van der Waals surface area contributed by atoms with Crippen LogP contribution in [0.2, 0.25) is 0 Å². The van der Waals surface area contributed by atoms with E-state index >= 15 is 0 Å². The maximum atomic E-state index is 13.7. The van der Waals surface area contributed by atoms with Crippen LogP contribution in [0, 0.1) is 0 Å². The molecule has 26 nitrogen and oxygen atoms in total. The molecule has 3 rings (SSSR count). The van der Waals surface area contributed by atoms with E-state index < -0.39 is 97.9 Å². The average molecular weight is 1070 g/mol. The molecule has 3 N–H and O–H groups in total. The molecule has 1 aliphatic rings. The maximum Gasteiger partial charge on any atom is 0.415 e. The summed E-state index contributed by atoms with van der Waals surface area (Å²) < 4.78 is 38.0. The van der Waals surface area contributed by atoms with Gasteiger partial charge in [-0.05, 0) is 63.6 Å². The lowest BCUT2D eigenvalue weighted by atomic mass is 9.95. The Hall–Kier alpha value is -7.62. The zero-order valence-electron chi connectivity index (χ0n) is 44.4. The fraction of sp³-hybridized carbons (Fsp3) is 0.510. The van der Waals surface area contributed by atoms with Crippen LogP contribution in [0.3, 0.4) is 0 Å². The lowest BCUT2D eigenvalue weighted by molar-refractivity contribution is -0.160. The Bertz CT molecular complexity index is 2190. The van der Waals surface area contributed by atoms with Gasteiger partial charge in [0.05, 0.1) is 38.6 Å². The molecule has 1 aliphatic heterocycles. The number of ether oxygens (including phenoxy) is 7. The van der Waals surface area contributed by atoms with Gasteiger partial charge in [-0.1, -0.05) is 24.3 Å². The SMILES string of the molecule is BC(=O)CC(C(=O)OC(CNC(=O)OCc1ccc(OC(=O)N(C)CCN(C)C)cc1)CNC(=O)OCc1ccc(OC(=O)N(C)CCN(C)C)cc1)N(C)C(=O)COCCOCCNC(=O)CCN1C(=O)C=CC1=O. The number of hydrogen-bond acceptors (Lipinski definition) is 19. The third-order valence-electron chi connectivity index (χ3n) is 10.9. The van der Waals surface area contributed by atoms with Crippen LogP contribution < -0.4 is 25.4 Å². The van der Waals surface area contributed by atoms with Crippen molar-refractivity contribution in [2.45, 2.75) is 38.2 Å². The highest BCUT2D eigenvalue weighted by molar-refractivity contribution is 6.57. The zero-order chi connectivity index (χ0) is 56.2. The van der Waals surface area contributed by atoms with Crippen molar-refractivity contribution in [1.82, 2.24) is 45.3 Å². The van der Waals surface area contributed by atoms with E-state index in [2.05, 4.69) is 16.0 Å². The molecule has 2 aromatic carbocycles. The van der Waals surface area contributed by atoms with Gasteiger partial charge in [0.25, 0.3) is 11.8 Å². The van der Waals surface area contributed by atoms with Crippen LogP contribution in [0.5, 0.6) is 11.5 Å². The van der Waals surface area contributed by atoms with Gasteiger partial charge in [-0.25, -0.2) is 24.0 Å². The van der Waals surface area contributed by atoms with Gasteiger partial charge < -0.3 is 78.4 Å². The molecule has 27 heteroatoms. The zero-order valence-corrected chi connectivity index (χ0v) is 44.4. The van der Waals surface area contributed by atoms with Crippen LogP contribution in [0.1, 0.15) is 24.0 Å². The lowest BCUT2D eigenvalue weighted by Gasteiger charge is -2.28. The molecule has 0 fully saturated rings. The molecule has 0 aromatic heterocycles. The first-order valence-corrected chi connectivity index (χ1v) is 24.2. The standard InChI is InChI=1S/C49H70BN9O17/c1-54(2)21-23-56(5)48(68)75-36-12-8-34(9-13-36)31-72-46(66)52-29-38(30-53-47(67)73-32-35-10-14-37(15-11-35)76-49(69)57(6)24-22-55(3)4)74-45(65)39(28-40(50)60)58(7)44(64)33-71-27-26-70-25-19-51-41(61)18-20-59-42(62)16-17-43(59)63/h8-17,38-39H,18-33,50H2,1-7H3,(H,51,61)(H,52,66)(H,53,67). The number of amides is 8. The van der Waals surface area contributed by atoms with Crippen molar-refractivity contribution in [2.75, 3.05) is 128 Å². The Morgan fingerprint density at radius 2 is 1.09 bits per heavy atom. The van der Waals surface area contributed by atoms with Crippen molar-refractivity contribution < 1.29 is 81.1 Å². The van der Waals surface area contributed by atoms with Crippen LogP contribution in [-0.2, 0) is 65.7 Å². The van der Waals surface area contributed by atoms with E-state index in [1.807, 2.05) is 38.0 Å². The second-order valence-corrected chi connectivity index (χ2v) is 17.8. The van der Waals surface area contributed by atoms with Crippen molar-refractivity contribution in [3.8, 4) is 11.5 Å². The average Bonchev–Trinajstić information content (AvgIpc) is 3.71. The molecule has 0 saturated heterocycles. The van der Waals surface area contributed by atoms with E-state index in [-0.39, 0.29) is 64.0 Å². The van der Waals surface area contributed by atoms with Crippen LogP contribution in [0.25, 0.3) is 0 Å². The number of rotatable bonds is 32. The topological polar surface area (TPSA) is 291 Å². The van der Waals surface area contributed by atoms with E-state index in [0.29, 0.717) is 37.3 Å². The normalized spacial score (nSPS) is 12.3.